The van der Waals surface area contributed by atoms with E-state index in [1.165, 1.54) is 6.26 Å². The Bertz CT molecular complexity index is 620. The van der Waals surface area contributed by atoms with E-state index in [0.29, 0.717) is 5.56 Å². The van der Waals surface area contributed by atoms with Gasteiger partial charge in [-0.25, -0.2) is 4.79 Å². The van der Waals surface area contributed by atoms with Gasteiger partial charge < -0.3 is 19.9 Å². The van der Waals surface area contributed by atoms with Crippen molar-refractivity contribution in [3.05, 3.63) is 48.4 Å². The standard InChI is InChI=1S/C15H15NO5/c17-12(15(19)20)6-8-16-14(18)13-11(7-9-21-13)10-4-2-1-3-5-10/h1-5,7,9,12,17H,6,8H2,(H,16,18)(H,19,20)/t12-/m0/s1. The van der Waals surface area contributed by atoms with Gasteiger partial charge in [0.05, 0.1) is 6.26 Å². The van der Waals surface area contributed by atoms with E-state index in [0.717, 1.165) is 5.56 Å². The highest BCUT2D eigenvalue weighted by Gasteiger charge is 2.18. The van der Waals surface area contributed by atoms with Gasteiger partial charge >= 0.3 is 5.97 Å². The van der Waals surface area contributed by atoms with Crippen LogP contribution in [0.2, 0.25) is 0 Å². The summed E-state index contributed by atoms with van der Waals surface area (Å²) in [5.74, 6) is -1.60. The van der Waals surface area contributed by atoms with Crippen LogP contribution in [0.5, 0.6) is 0 Å². The first-order valence-corrected chi connectivity index (χ1v) is 6.41. The summed E-state index contributed by atoms with van der Waals surface area (Å²) >= 11 is 0. The summed E-state index contributed by atoms with van der Waals surface area (Å²) in [5.41, 5.74) is 1.51. The monoisotopic (exact) mass is 289 g/mol. The van der Waals surface area contributed by atoms with Crippen LogP contribution in [0.3, 0.4) is 0 Å². The smallest absolute Gasteiger partial charge is 0.332 e. The number of hydrogen-bond donors (Lipinski definition) is 3. The van der Waals surface area contributed by atoms with Crippen molar-refractivity contribution in [3.63, 3.8) is 0 Å². The van der Waals surface area contributed by atoms with Gasteiger partial charge in [-0.3, -0.25) is 4.79 Å². The van der Waals surface area contributed by atoms with Crippen molar-refractivity contribution in [1.82, 2.24) is 5.32 Å². The van der Waals surface area contributed by atoms with Gasteiger partial charge in [0.25, 0.3) is 5.91 Å². The highest BCUT2D eigenvalue weighted by Crippen LogP contribution is 2.24. The van der Waals surface area contributed by atoms with E-state index < -0.39 is 18.0 Å². The van der Waals surface area contributed by atoms with Crippen LogP contribution in [0.15, 0.2) is 47.1 Å². The maximum absolute atomic E-state index is 12.0. The molecule has 0 bridgehead atoms. The van der Waals surface area contributed by atoms with Crippen molar-refractivity contribution in [2.75, 3.05) is 6.54 Å². The number of aliphatic carboxylic acids is 1. The Kier molecular flexibility index (Phi) is 4.73. The van der Waals surface area contributed by atoms with E-state index in [1.54, 1.807) is 6.07 Å². The third kappa shape index (κ3) is 3.70. The van der Waals surface area contributed by atoms with E-state index >= 15 is 0 Å². The molecule has 0 unspecified atom stereocenters. The quantitative estimate of drug-likeness (QED) is 0.748. The number of hydrogen-bond acceptors (Lipinski definition) is 4. The summed E-state index contributed by atoms with van der Waals surface area (Å²) in [6.07, 6.45) is -0.137. The molecule has 110 valence electrons. The fourth-order valence-electron chi connectivity index (χ4n) is 1.86. The highest BCUT2D eigenvalue weighted by atomic mass is 16.4. The molecule has 0 aliphatic heterocycles. The lowest BCUT2D eigenvalue weighted by atomic mass is 10.1. The van der Waals surface area contributed by atoms with Crippen molar-refractivity contribution >= 4 is 11.9 Å². The summed E-state index contributed by atoms with van der Waals surface area (Å²) < 4.78 is 5.19. The predicted octanol–water partition coefficient (Wildman–Crippen LogP) is 1.51. The number of nitrogens with one attached hydrogen (secondary N) is 1. The topological polar surface area (TPSA) is 99.8 Å². The molecule has 2 aromatic rings. The van der Waals surface area contributed by atoms with Crippen molar-refractivity contribution in [1.29, 1.82) is 0 Å². The lowest BCUT2D eigenvalue weighted by Crippen LogP contribution is -2.30. The average molecular weight is 289 g/mol. The molecule has 0 saturated heterocycles. The van der Waals surface area contributed by atoms with Gasteiger partial charge in [0, 0.05) is 18.5 Å². The predicted molar refractivity (Wildman–Crippen MR) is 74.7 cm³/mol. The maximum atomic E-state index is 12.0. The molecule has 0 aliphatic carbocycles. The Balaban J connectivity index is 2.01. The Morgan fingerprint density at radius 1 is 1.19 bits per heavy atom. The number of carbonyl (C=O) groups excluding carboxylic acids is 1. The Hall–Kier alpha value is -2.60. The van der Waals surface area contributed by atoms with Crippen LogP contribution < -0.4 is 5.32 Å². The van der Waals surface area contributed by atoms with Crippen molar-refractivity contribution in [2.45, 2.75) is 12.5 Å². The molecule has 1 aromatic carbocycles. The van der Waals surface area contributed by atoms with Crippen LogP contribution in [-0.4, -0.2) is 34.7 Å². The highest BCUT2D eigenvalue weighted by molar-refractivity contribution is 5.98. The third-order valence-corrected chi connectivity index (χ3v) is 2.94. The molecule has 0 aliphatic rings. The van der Waals surface area contributed by atoms with Crippen molar-refractivity contribution in [2.24, 2.45) is 0 Å². The van der Waals surface area contributed by atoms with Gasteiger partial charge in [-0.05, 0) is 11.6 Å². The zero-order chi connectivity index (χ0) is 15.2. The molecule has 21 heavy (non-hydrogen) atoms. The fraction of sp³-hybridized carbons (Fsp3) is 0.200. The molecule has 0 saturated carbocycles. The van der Waals surface area contributed by atoms with E-state index in [4.69, 9.17) is 14.6 Å². The van der Waals surface area contributed by atoms with Gasteiger partial charge in [-0.1, -0.05) is 30.3 Å². The summed E-state index contributed by atoms with van der Waals surface area (Å²) in [6, 6.07) is 11.0. The summed E-state index contributed by atoms with van der Waals surface area (Å²) in [5, 5.41) is 20.2. The molecule has 1 atom stereocenters. The van der Waals surface area contributed by atoms with Crippen LogP contribution in [-0.2, 0) is 4.79 Å². The number of aliphatic hydroxyl groups is 1. The molecule has 3 N–H and O–H groups in total. The van der Waals surface area contributed by atoms with E-state index in [1.807, 2.05) is 30.3 Å². The Morgan fingerprint density at radius 3 is 2.57 bits per heavy atom. The van der Waals surface area contributed by atoms with Crippen LogP contribution in [0, 0.1) is 0 Å². The van der Waals surface area contributed by atoms with E-state index in [9.17, 15) is 9.59 Å². The van der Waals surface area contributed by atoms with E-state index in [-0.39, 0.29) is 18.7 Å². The molecule has 1 heterocycles. The fourth-order valence-corrected chi connectivity index (χ4v) is 1.86. The number of aliphatic hydroxyl groups excluding tert-OH is 1. The van der Waals surface area contributed by atoms with Crippen LogP contribution >= 0.6 is 0 Å². The number of carboxylic acid groups (broad SMARTS) is 1. The Labute approximate surface area is 121 Å². The van der Waals surface area contributed by atoms with Gasteiger partial charge in [0.2, 0.25) is 0 Å². The minimum atomic E-state index is -1.49. The first kappa shape index (κ1) is 14.8. The molecule has 1 amide bonds. The summed E-state index contributed by atoms with van der Waals surface area (Å²) in [7, 11) is 0. The summed E-state index contributed by atoms with van der Waals surface area (Å²) in [4.78, 5) is 22.5. The molecule has 2 rings (SSSR count). The van der Waals surface area contributed by atoms with Gasteiger partial charge in [0.1, 0.15) is 0 Å². The van der Waals surface area contributed by atoms with Crippen molar-refractivity contribution < 1.29 is 24.2 Å². The number of carboxylic acids is 1. The first-order valence-electron chi connectivity index (χ1n) is 6.41. The number of benzene rings is 1. The molecule has 0 radical (unpaired) electrons. The number of rotatable bonds is 6. The maximum Gasteiger partial charge on any atom is 0.332 e. The Morgan fingerprint density at radius 2 is 1.90 bits per heavy atom. The summed E-state index contributed by atoms with van der Waals surface area (Å²) in [6.45, 7) is 0.0429. The second-order valence-electron chi connectivity index (χ2n) is 4.43. The lowest BCUT2D eigenvalue weighted by Gasteiger charge is -2.07. The molecule has 6 nitrogen and oxygen atoms in total. The SMILES string of the molecule is O=C(NCC[C@H](O)C(=O)O)c1occc1-c1ccccc1. The zero-order valence-corrected chi connectivity index (χ0v) is 11.2. The molecule has 1 aromatic heterocycles. The number of furan rings is 1. The number of amides is 1. The largest absolute Gasteiger partial charge is 0.479 e. The van der Waals surface area contributed by atoms with Gasteiger partial charge in [-0.15, -0.1) is 0 Å². The minimum Gasteiger partial charge on any atom is -0.479 e. The molecule has 0 fully saturated rings. The zero-order valence-electron chi connectivity index (χ0n) is 11.2. The molecular formula is C15H15NO5. The van der Waals surface area contributed by atoms with Gasteiger partial charge in [0.15, 0.2) is 11.9 Å². The van der Waals surface area contributed by atoms with Crippen LogP contribution in [0.4, 0.5) is 0 Å². The average Bonchev–Trinajstić information content (AvgIpc) is 2.97. The second kappa shape index (κ2) is 6.71. The van der Waals surface area contributed by atoms with Crippen molar-refractivity contribution in [3.8, 4) is 11.1 Å². The molecule has 0 spiro atoms. The normalized spacial score (nSPS) is 11.9. The molecule has 6 heteroatoms. The number of carbonyl (C=O) groups is 2. The van der Waals surface area contributed by atoms with Crippen LogP contribution in [0.1, 0.15) is 17.0 Å². The second-order valence-corrected chi connectivity index (χ2v) is 4.43. The minimum absolute atomic E-state index is 0.0429. The van der Waals surface area contributed by atoms with E-state index in [2.05, 4.69) is 5.32 Å². The lowest BCUT2D eigenvalue weighted by molar-refractivity contribution is -0.146. The third-order valence-electron chi connectivity index (χ3n) is 2.94. The molecular weight excluding hydrogens is 274 g/mol. The van der Waals surface area contributed by atoms with Crippen LogP contribution in [0.25, 0.3) is 11.1 Å². The first-order chi connectivity index (χ1) is 10.1. The van der Waals surface area contributed by atoms with Gasteiger partial charge in [-0.2, -0.15) is 0 Å².